The summed E-state index contributed by atoms with van der Waals surface area (Å²) in [7, 11) is 0. The molecule has 0 aliphatic carbocycles. The largest absolute Gasteiger partial charge is 0.508 e. The monoisotopic (exact) mass is 226 g/mol. The third kappa shape index (κ3) is 3.51. The minimum atomic E-state index is -0.738. The van der Waals surface area contributed by atoms with E-state index in [2.05, 4.69) is 5.32 Å². The van der Waals surface area contributed by atoms with Gasteiger partial charge in [0.25, 0.3) is 5.91 Å². The van der Waals surface area contributed by atoms with Gasteiger partial charge in [-0.15, -0.1) is 0 Å². The molecule has 0 aliphatic heterocycles. The Bertz CT molecular complexity index is 380. The third-order valence-electron chi connectivity index (χ3n) is 2.08. The van der Waals surface area contributed by atoms with E-state index >= 15 is 0 Å². The molecule has 4 nitrogen and oxygen atoms in total. The molecule has 0 aromatic heterocycles. The van der Waals surface area contributed by atoms with Gasteiger partial charge in [-0.25, -0.2) is 4.39 Å². The summed E-state index contributed by atoms with van der Waals surface area (Å²) in [6.07, 6.45) is 0.630. The highest BCUT2D eigenvalue weighted by atomic mass is 19.1. The summed E-state index contributed by atoms with van der Waals surface area (Å²) in [6, 6.07) is 3.40. The SMILES string of the molecule is CC(N)CCNC(=O)c1ccc(O)cc1F. The molecule has 5 heteroatoms. The second-order valence-electron chi connectivity index (χ2n) is 3.69. The number of hydrogen-bond acceptors (Lipinski definition) is 3. The van der Waals surface area contributed by atoms with Crippen LogP contribution >= 0.6 is 0 Å². The van der Waals surface area contributed by atoms with Gasteiger partial charge in [-0.05, 0) is 25.5 Å². The molecule has 0 saturated carbocycles. The fourth-order valence-electron chi connectivity index (χ4n) is 1.20. The van der Waals surface area contributed by atoms with E-state index in [0.29, 0.717) is 13.0 Å². The number of carbonyl (C=O) groups is 1. The van der Waals surface area contributed by atoms with Crippen molar-refractivity contribution in [3.8, 4) is 5.75 Å². The van der Waals surface area contributed by atoms with E-state index in [1.807, 2.05) is 6.92 Å². The molecular weight excluding hydrogens is 211 g/mol. The Labute approximate surface area is 93.3 Å². The second-order valence-corrected chi connectivity index (χ2v) is 3.69. The lowest BCUT2D eigenvalue weighted by molar-refractivity contribution is 0.0949. The molecule has 0 aliphatic rings. The fourth-order valence-corrected chi connectivity index (χ4v) is 1.20. The number of nitrogens with two attached hydrogens (primary N) is 1. The molecule has 0 saturated heterocycles. The number of nitrogens with one attached hydrogen (secondary N) is 1. The Hall–Kier alpha value is -1.62. The van der Waals surface area contributed by atoms with Crippen LogP contribution in [0.15, 0.2) is 18.2 Å². The van der Waals surface area contributed by atoms with Crippen molar-refractivity contribution in [3.63, 3.8) is 0 Å². The average molecular weight is 226 g/mol. The summed E-state index contributed by atoms with van der Waals surface area (Å²) in [5, 5.41) is 11.5. The topological polar surface area (TPSA) is 75.3 Å². The quantitative estimate of drug-likeness (QED) is 0.717. The van der Waals surface area contributed by atoms with Gasteiger partial charge < -0.3 is 16.2 Å². The van der Waals surface area contributed by atoms with Crippen molar-refractivity contribution < 1.29 is 14.3 Å². The lowest BCUT2D eigenvalue weighted by atomic mass is 10.2. The summed E-state index contributed by atoms with van der Waals surface area (Å²) in [5.41, 5.74) is 5.43. The molecule has 1 amide bonds. The van der Waals surface area contributed by atoms with Gasteiger partial charge in [0.2, 0.25) is 0 Å². The van der Waals surface area contributed by atoms with Crippen molar-refractivity contribution in [2.24, 2.45) is 5.73 Å². The Balaban J connectivity index is 2.59. The Morgan fingerprint density at radius 3 is 2.88 bits per heavy atom. The van der Waals surface area contributed by atoms with Gasteiger partial charge in [-0.3, -0.25) is 4.79 Å². The number of benzene rings is 1. The lowest BCUT2D eigenvalue weighted by Gasteiger charge is -2.07. The van der Waals surface area contributed by atoms with Crippen LogP contribution in [0.1, 0.15) is 23.7 Å². The van der Waals surface area contributed by atoms with E-state index in [1.54, 1.807) is 0 Å². The zero-order chi connectivity index (χ0) is 12.1. The maximum absolute atomic E-state index is 13.2. The summed E-state index contributed by atoms with van der Waals surface area (Å²) in [6.45, 7) is 2.23. The maximum atomic E-state index is 13.2. The predicted molar refractivity (Wildman–Crippen MR) is 58.7 cm³/mol. The van der Waals surface area contributed by atoms with Crippen LogP contribution in [0.2, 0.25) is 0 Å². The van der Waals surface area contributed by atoms with Gasteiger partial charge in [0.15, 0.2) is 0 Å². The third-order valence-corrected chi connectivity index (χ3v) is 2.08. The van der Waals surface area contributed by atoms with Gasteiger partial charge in [0.05, 0.1) is 5.56 Å². The Morgan fingerprint density at radius 2 is 2.31 bits per heavy atom. The Kier molecular flexibility index (Phi) is 4.25. The van der Waals surface area contributed by atoms with E-state index in [9.17, 15) is 9.18 Å². The molecule has 1 atom stereocenters. The van der Waals surface area contributed by atoms with Crippen LogP contribution in [0.3, 0.4) is 0 Å². The first-order valence-electron chi connectivity index (χ1n) is 5.03. The van der Waals surface area contributed by atoms with E-state index in [0.717, 1.165) is 6.07 Å². The summed E-state index contributed by atoms with van der Waals surface area (Å²) < 4.78 is 13.2. The molecule has 0 bridgehead atoms. The van der Waals surface area contributed by atoms with E-state index in [1.165, 1.54) is 12.1 Å². The molecule has 0 fully saturated rings. The molecular formula is C11H15FN2O2. The number of rotatable bonds is 4. The molecule has 16 heavy (non-hydrogen) atoms. The first-order chi connectivity index (χ1) is 7.50. The van der Waals surface area contributed by atoms with Crippen LogP contribution in [0.25, 0.3) is 0 Å². The average Bonchev–Trinajstić information content (AvgIpc) is 2.16. The number of aromatic hydroxyl groups is 1. The first kappa shape index (κ1) is 12.4. The van der Waals surface area contributed by atoms with Crippen LogP contribution in [-0.4, -0.2) is 23.6 Å². The normalized spacial score (nSPS) is 12.2. The van der Waals surface area contributed by atoms with Crippen molar-refractivity contribution in [1.29, 1.82) is 0 Å². The van der Waals surface area contributed by atoms with Crippen molar-refractivity contribution in [2.45, 2.75) is 19.4 Å². The summed E-state index contributed by atoms with van der Waals surface area (Å²) in [5.74, 6) is -1.44. The zero-order valence-electron chi connectivity index (χ0n) is 9.03. The van der Waals surface area contributed by atoms with Crippen molar-refractivity contribution in [2.75, 3.05) is 6.54 Å². The molecule has 1 aromatic carbocycles. The minimum absolute atomic E-state index is 0.00929. The van der Waals surface area contributed by atoms with Gasteiger partial charge in [0.1, 0.15) is 11.6 Å². The fraction of sp³-hybridized carbons (Fsp3) is 0.364. The highest BCUT2D eigenvalue weighted by molar-refractivity contribution is 5.94. The molecule has 0 spiro atoms. The minimum Gasteiger partial charge on any atom is -0.508 e. The number of carbonyl (C=O) groups excluding carboxylic acids is 1. The smallest absolute Gasteiger partial charge is 0.254 e. The van der Waals surface area contributed by atoms with E-state index in [-0.39, 0.29) is 17.4 Å². The summed E-state index contributed by atoms with van der Waals surface area (Å²) >= 11 is 0. The van der Waals surface area contributed by atoms with Gasteiger partial charge in [-0.2, -0.15) is 0 Å². The van der Waals surface area contributed by atoms with Crippen LogP contribution in [0.5, 0.6) is 5.75 Å². The zero-order valence-corrected chi connectivity index (χ0v) is 9.03. The molecule has 0 radical (unpaired) electrons. The van der Waals surface area contributed by atoms with E-state index in [4.69, 9.17) is 10.8 Å². The number of amides is 1. The first-order valence-corrected chi connectivity index (χ1v) is 5.03. The molecule has 4 N–H and O–H groups in total. The van der Waals surface area contributed by atoms with Crippen LogP contribution in [-0.2, 0) is 0 Å². The van der Waals surface area contributed by atoms with Crippen molar-refractivity contribution >= 4 is 5.91 Å². The Morgan fingerprint density at radius 1 is 1.62 bits per heavy atom. The number of phenols is 1. The molecule has 0 heterocycles. The number of phenolic OH excluding ortho intramolecular Hbond substituents is 1. The van der Waals surface area contributed by atoms with Gasteiger partial charge in [0, 0.05) is 18.7 Å². The van der Waals surface area contributed by atoms with Crippen LogP contribution in [0.4, 0.5) is 4.39 Å². The van der Waals surface area contributed by atoms with Gasteiger partial charge in [-0.1, -0.05) is 0 Å². The number of hydrogen-bond donors (Lipinski definition) is 3. The highest BCUT2D eigenvalue weighted by Gasteiger charge is 2.11. The van der Waals surface area contributed by atoms with Crippen molar-refractivity contribution in [3.05, 3.63) is 29.6 Å². The van der Waals surface area contributed by atoms with Crippen LogP contribution < -0.4 is 11.1 Å². The summed E-state index contributed by atoms with van der Waals surface area (Å²) in [4.78, 5) is 11.5. The van der Waals surface area contributed by atoms with E-state index < -0.39 is 11.7 Å². The molecule has 1 rings (SSSR count). The predicted octanol–water partition coefficient (Wildman–Crippen LogP) is 0.998. The lowest BCUT2D eigenvalue weighted by Crippen LogP contribution is -2.29. The molecule has 88 valence electrons. The standard InChI is InChI=1S/C11H15FN2O2/c1-7(13)4-5-14-11(16)9-3-2-8(15)6-10(9)12/h2-3,6-7,15H,4-5,13H2,1H3,(H,14,16). The van der Waals surface area contributed by atoms with Gasteiger partial charge >= 0.3 is 0 Å². The highest BCUT2D eigenvalue weighted by Crippen LogP contribution is 2.14. The second kappa shape index (κ2) is 5.46. The van der Waals surface area contributed by atoms with Crippen LogP contribution in [0, 0.1) is 5.82 Å². The molecule has 1 aromatic rings. The van der Waals surface area contributed by atoms with Crippen molar-refractivity contribution in [1.82, 2.24) is 5.32 Å². The molecule has 1 unspecified atom stereocenters. The number of halogens is 1. The maximum Gasteiger partial charge on any atom is 0.254 e.